The summed E-state index contributed by atoms with van der Waals surface area (Å²) in [6, 6.07) is 1.96. The van der Waals surface area contributed by atoms with E-state index < -0.39 is 17.5 Å². The second-order valence-corrected chi connectivity index (χ2v) is 5.00. The lowest BCUT2D eigenvalue weighted by Crippen LogP contribution is -2.33. The smallest absolute Gasteiger partial charge is 0.194 e. The summed E-state index contributed by atoms with van der Waals surface area (Å²) < 4.78 is 38.7. The molecular weight excluding hydrogens is 394 g/mol. The maximum absolute atomic E-state index is 13.0. The molecule has 1 rings (SSSR count). The summed E-state index contributed by atoms with van der Waals surface area (Å²) >= 11 is 0. The van der Waals surface area contributed by atoms with Gasteiger partial charge >= 0.3 is 0 Å². The van der Waals surface area contributed by atoms with Gasteiger partial charge in [-0.15, -0.1) is 24.0 Å². The standard InChI is InChI=1S/C14H20F3N3.HI/c1-9(2)3-5-19-14(18)20-6-4-10-7-11(15)13(17)12(16)8-10;/h7-9H,3-6H2,1-2H3,(H3,18,19,20);1H. The molecule has 7 heteroatoms. The van der Waals surface area contributed by atoms with E-state index in [-0.39, 0.29) is 24.0 Å². The lowest BCUT2D eigenvalue weighted by atomic mass is 10.1. The highest BCUT2D eigenvalue weighted by atomic mass is 127. The minimum Gasteiger partial charge on any atom is -0.370 e. The van der Waals surface area contributed by atoms with Crippen molar-refractivity contribution < 1.29 is 13.2 Å². The van der Waals surface area contributed by atoms with Gasteiger partial charge in [0.15, 0.2) is 23.4 Å². The summed E-state index contributed by atoms with van der Waals surface area (Å²) in [4.78, 5) is 4.12. The number of hydrogen-bond donors (Lipinski definition) is 2. The number of nitrogens with two attached hydrogens (primary N) is 1. The van der Waals surface area contributed by atoms with Gasteiger partial charge in [0.1, 0.15) is 0 Å². The van der Waals surface area contributed by atoms with E-state index in [0.717, 1.165) is 18.6 Å². The van der Waals surface area contributed by atoms with Crippen LogP contribution in [0.3, 0.4) is 0 Å². The topological polar surface area (TPSA) is 50.4 Å². The third kappa shape index (κ3) is 7.54. The molecule has 120 valence electrons. The van der Waals surface area contributed by atoms with Crippen LogP contribution in [0.15, 0.2) is 17.1 Å². The van der Waals surface area contributed by atoms with Crippen molar-refractivity contribution in [2.75, 3.05) is 13.1 Å². The van der Waals surface area contributed by atoms with Gasteiger partial charge in [0.05, 0.1) is 0 Å². The number of hydrogen-bond acceptors (Lipinski definition) is 1. The molecule has 0 atom stereocenters. The van der Waals surface area contributed by atoms with Gasteiger partial charge in [0.2, 0.25) is 0 Å². The Hall–Kier alpha value is -0.990. The van der Waals surface area contributed by atoms with Crippen molar-refractivity contribution in [3.05, 3.63) is 35.1 Å². The summed E-state index contributed by atoms with van der Waals surface area (Å²) in [7, 11) is 0. The van der Waals surface area contributed by atoms with Crippen molar-refractivity contribution in [2.24, 2.45) is 16.6 Å². The first kappa shape index (κ1) is 20.0. The van der Waals surface area contributed by atoms with E-state index in [4.69, 9.17) is 5.73 Å². The first-order valence-corrected chi connectivity index (χ1v) is 6.57. The molecule has 3 nitrogen and oxygen atoms in total. The zero-order valence-electron chi connectivity index (χ0n) is 12.1. The Kier molecular flexibility index (Phi) is 9.39. The third-order valence-corrected chi connectivity index (χ3v) is 2.75. The lowest BCUT2D eigenvalue weighted by molar-refractivity contribution is 0.445. The minimum absolute atomic E-state index is 0. The van der Waals surface area contributed by atoms with Gasteiger partial charge in [-0.05, 0) is 36.5 Å². The van der Waals surface area contributed by atoms with Gasteiger partial charge in [0, 0.05) is 13.1 Å². The Morgan fingerprint density at radius 3 is 2.33 bits per heavy atom. The molecule has 1 aromatic rings. The van der Waals surface area contributed by atoms with Gasteiger partial charge in [-0.1, -0.05) is 13.8 Å². The molecule has 0 unspecified atom stereocenters. The van der Waals surface area contributed by atoms with Crippen molar-refractivity contribution in [3.63, 3.8) is 0 Å². The second kappa shape index (κ2) is 9.86. The fourth-order valence-electron chi connectivity index (χ4n) is 1.59. The van der Waals surface area contributed by atoms with E-state index in [2.05, 4.69) is 24.2 Å². The van der Waals surface area contributed by atoms with Crippen molar-refractivity contribution >= 4 is 29.9 Å². The number of nitrogens with zero attached hydrogens (tertiary/aromatic N) is 1. The van der Waals surface area contributed by atoms with Gasteiger partial charge in [-0.3, -0.25) is 4.99 Å². The molecule has 0 aromatic heterocycles. The maximum atomic E-state index is 13.0. The predicted molar refractivity (Wildman–Crippen MR) is 89.4 cm³/mol. The normalized spacial score (nSPS) is 11.4. The summed E-state index contributed by atoms with van der Waals surface area (Å²) in [5.74, 6) is -2.96. The number of rotatable bonds is 6. The molecule has 0 bridgehead atoms. The Morgan fingerprint density at radius 1 is 1.24 bits per heavy atom. The number of benzene rings is 1. The van der Waals surface area contributed by atoms with Crippen molar-refractivity contribution in [1.29, 1.82) is 0 Å². The van der Waals surface area contributed by atoms with E-state index in [9.17, 15) is 13.2 Å². The van der Waals surface area contributed by atoms with Crippen LogP contribution in [0.25, 0.3) is 0 Å². The molecule has 0 saturated heterocycles. The van der Waals surface area contributed by atoms with E-state index in [1.807, 2.05) is 0 Å². The van der Waals surface area contributed by atoms with Crippen LogP contribution in [0.2, 0.25) is 0 Å². The SMILES string of the molecule is CC(C)CCN=C(N)NCCc1cc(F)c(F)c(F)c1.I. The quantitative estimate of drug-likeness (QED) is 0.325. The third-order valence-electron chi connectivity index (χ3n) is 2.75. The number of guanidine groups is 1. The van der Waals surface area contributed by atoms with E-state index in [1.54, 1.807) is 0 Å². The van der Waals surface area contributed by atoms with Crippen molar-refractivity contribution in [3.8, 4) is 0 Å². The monoisotopic (exact) mass is 415 g/mol. The van der Waals surface area contributed by atoms with E-state index in [0.29, 0.717) is 37.0 Å². The zero-order chi connectivity index (χ0) is 15.1. The van der Waals surface area contributed by atoms with Crippen LogP contribution in [-0.4, -0.2) is 19.0 Å². The second-order valence-electron chi connectivity index (χ2n) is 5.00. The molecule has 0 aliphatic carbocycles. The molecule has 0 amide bonds. The number of halogens is 4. The molecule has 0 saturated carbocycles. The highest BCUT2D eigenvalue weighted by Gasteiger charge is 2.10. The fourth-order valence-corrected chi connectivity index (χ4v) is 1.59. The van der Waals surface area contributed by atoms with Gasteiger partial charge < -0.3 is 11.1 Å². The first-order chi connectivity index (χ1) is 9.40. The average molecular weight is 415 g/mol. The molecule has 0 fully saturated rings. The highest BCUT2D eigenvalue weighted by molar-refractivity contribution is 14.0. The van der Waals surface area contributed by atoms with E-state index >= 15 is 0 Å². The van der Waals surface area contributed by atoms with Crippen LogP contribution >= 0.6 is 24.0 Å². The van der Waals surface area contributed by atoms with Gasteiger partial charge in [-0.25, -0.2) is 13.2 Å². The molecule has 0 spiro atoms. The van der Waals surface area contributed by atoms with Gasteiger partial charge in [0.25, 0.3) is 0 Å². The molecule has 1 aromatic carbocycles. The van der Waals surface area contributed by atoms with Crippen LogP contribution in [0, 0.1) is 23.4 Å². The average Bonchev–Trinajstić information content (AvgIpc) is 2.35. The Labute approximate surface area is 140 Å². The Morgan fingerprint density at radius 2 is 1.81 bits per heavy atom. The molecule has 21 heavy (non-hydrogen) atoms. The molecule has 3 N–H and O–H groups in total. The number of aliphatic imine (C=N–C) groups is 1. The lowest BCUT2D eigenvalue weighted by Gasteiger charge is -2.07. The van der Waals surface area contributed by atoms with Crippen LogP contribution in [0.1, 0.15) is 25.8 Å². The molecule has 0 heterocycles. The Balaban J connectivity index is 0.00000400. The van der Waals surface area contributed by atoms with Crippen LogP contribution < -0.4 is 11.1 Å². The summed E-state index contributed by atoms with van der Waals surface area (Å²) in [6.07, 6.45) is 1.27. The van der Waals surface area contributed by atoms with Crippen LogP contribution in [0.4, 0.5) is 13.2 Å². The van der Waals surface area contributed by atoms with Crippen molar-refractivity contribution in [1.82, 2.24) is 5.32 Å². The highest BCUT2D eigenvalue weighted by Crippen LogP contribution is 2.13. The fraction of sp³-hybridized carbons (Fsp3) is 0.500. The minimum atomic E-state index is -1.45. The summed E-state index contributed by atoms with van der Waals surface area (Å²) in [6.45, 7) is 5.20. The Bertz CT molecular complexity index is 456. The molecule has 0 aliphatic rings. The largest absolute Gasteiger partial charge is 0.370 e. The van der Waals surface area contributed by atoms with Crippen LogP contribution in [0.5, 0.6) is 0 Å². The summed E-state index contributed by atoms with van der Waals surface area (Å²) in [5.41, 5.74) is 6.00. The van der Waals surface area contributed by atoms with E-state index in [1.165, 1.54) is 0 Å². The molecular formula is C14H21F3IN3. The number of nitrogens with one attached hydrogen (secondary N) is 1. The zero-order valence-corrected chi connectivity index (χ0v) is 14.5. The maximum Gasteiger partial charge on any atom is 0.194 e. The van der Waals surface area contributed by atoms with Gasteiger partial charge in [-0.2, -0.15) is 0 Å². The van der Waals surface area contributed by atoms with Crippen LogP contribution in [-0.2, 0) is 6.42 Å². The first-order valence-electron chi connectivity index (χ1n) is 6.57. The molecule has 0 radical (unpaired) electrons. The summed E-state index contributed by atoms with van der Waals surface area (Å²) in [5, 5.41) is 2.85. The van der Waals surface area contributed by atoms with Crippen molar-refractivity contribution in [2.45, 2.75) is 26.7 Å². The molecule has 0 aliphatic heterocycles. The predicted octanol–water partition coefficient (Wildman–Crippen LogP) is 3.21.